The average Bonchev–Trinajstić information content (AvgIpc) is 2.50. The third-order valence-electron chi connectivity index (χ3n) is 6.24. The summed E-state index contributed by atoms with van der Waals surface area (Å²) in [5, 5.41) is 0. The van der Waals surface area contributed by atoms with Crippen molar-refractivity contribution >= 4 is 0 Å². The summed E-state index contributed by atoms with van der Waals surface area (Å²) in [5.74, 6) is 2.13. The lowest BCUT2D eigenvalue weighted by Gasteiger charge is -2.47. The van der Waals surface area contributed by atoms with E-state index in [4.69, 9.17) is 14.2 Å². The van der Waals surface area contributed by atoms with Gasteiger partial charge in [0.05, 0.1) is 24.4 Å². The van der Waals surface area contributed by atoms with Crippen LogP contribution in [0.2, 0.25) is 0 Å². The highest BCUT2D eigenvalue weighted by Gasteiger charge is 2.42. The van der Waals surface area contributed by atoms with Crippen LogP contribution in [0, 0.1) is 23.7 Å². The van der Waals surface area contributed by atoms with Gasteiger partial charge in [-0.15, -0.1) is 0 Å². The van der Waals surface area contributed by atoms with Crippen molar-refractivity contribution in [1.82, 2.24) is 0 Å². The molecule has 3 nitrogen and oxygen atoms in total. The Kier molecular flexibility index (Phi) is 6.32. The summed E-state index contributed by atoms with van der Waals surface area (Å²) in [6.45, 7) is 15.8. The van der Waals surface area contributed by atoms with Crippen molar-refractivity contribution < 1.29 is 14.2 Å². The second-order valence-electron chi connectivity index (χ2n) is 7.69. The minimum absolute atomic E-state index is 0.0635. The van der Waals surface area contributed by atoms with E-state index in [1.165, 1.54) is 0 Å². The fourth-order valence-electron chi connectivity index (χ4n) is 4.19. The van der Waals surface area contributed by atoms with Gasteiger partial charge >= 0.3 is 0 Å². The van der Waals surface area contributed by atoms with Crippen LogP contribution >= 0.6 is 0 Å². The Balaban J connectivity index is 2.04. The van der Waals surface area contributed by atoms with Crippen LogP contribution in [0.4, 0.5) is 0 Å². The smallest absolute Gasteiger partial charge is 0.161 e. The van der Waals surface area contributed by atoms with Gasteiger partial charge in [-0.2, -0.15) is 0 Å². The van der Waals surface area contributed by atoms with Gasteiger partial charge < -0.3 is 14.2 Å². The first-order valence-electron chi connectivity index (χ1n) is 9.35. The van der Waals surface area contributed by atoms with Crippen LogP contribution in [0.3, 0.4) is 0 Å². The van der Waals surface area contributed by atoms with Gasteiger partial charge in [-0.25, -0.2) is 0 Å². The lowest BCUT2D eigenvalue weighted by atomic mass is 9.78. The van der Waals surface area contributed by atoms with Gasteiger partial charge in [0.25, 0.3) is 0 Å². The van der Waals surface area contributed by atoms with E-state index < -0.39 is 0 Å². The predicted molar refractivity (Wildman–Crippen MR) is 89.7 cm³/mol. The summed E-state index contributed by atoms with van der Waals surface area (Å²) in [6, 6.07) is 0. The topological polar surface area (TPSA) is 27.7 Å². The molecule has 0 N–H and O–H groups in total. The first-order chi connectivity index (χ1) is 10.4. The van der Waals surface area contributed by atoms with Crippen molar-refractivity contribution in [1.29, 1.82) is 0 Å². The van der Waals surface area contributed by atoms with Crippen molar-refractivity contribution in [2.24, 2.45) is 23.7 Å². The second-order valence-corrected chi connectivity index (χ2v) is 7.69. The van der Waals surface area contributed by atoms with E-state index in [2.05, 4.69) is 48.5 Å². The third kappa shape index (κ3) is 3.68. The van der Waals surface area contributed by atoms with Gasteiger partial charge in [-0.05, 0) is 38.0 Å². The van der Waals surface area contributed by atoms with Crippen LogP contribution in [-0.2, 0) is 14.2 Å². The van der Waals surface area contributed by atoms with Crippen LogP contribution in [-0.4, -0.2) is 30.7 Å². The first kappa shape index (κ1) is 18.2. The molecule has 2 saturated heterocycles. The Hall–Kier alpha value is -0.120. The summed E-state index contributed by atoms with van der Waals surface area (Å²) in [5.41, 5.74) is 0. The molecule has 22 heavy (non-hydrogen) atoms. The van der Waals surface area contributed by atoms with Gasteiger partial charge in [-0.1, -0.05) is 41.5 Å². The minimum Gasteiger partial charge on any atom is -0.375 e. The molecule has 2 rings (SSSR count). The van der Waals surface area contributed by atoms with Crippen molar-refractivity contribution in [3.63, 3.8) is 0 Å². The second kappa shape index (κ2) is 7.63. The van der Waals surface area contributed by atoms with Gasteiger partial charge in [0, 0.05) is 11.8 Å². The van der Waals surface area contributed by atoms with E-state index in [-0.39, 0.29) is 18.5 Å². The minimum atomic E-state index is -0.0635. The molecule has 130 valence electrons. The van der Waals surface area contributed by atoms with Crippen LogP contribution in [0.25, 0.3) is 0 Å². The van der Waals surface area contributed by atoms with Crippen molar-refractivity contribution in [3.05, 3.63) is 0 Å². The van der Waals surface area contributed by atoms with E-state index in [9.17, 15) is 0 Å². The molecule has 0 spiro atoms. The highest BCUT2D eigenvalue weighted by atomic mass is 16.7. The average molecular weight is 312 g/mol. The van der Waals surface area contributed by atoms with Crippen molar-refractivity contribution in [2.45, 2.75) is 98.4 Å². The first-order valence-corrected chi connectivity index (χ1v) is 9.35. The predicted octanol–water partition coefficient (Wildman–Crippen LogP) is 4.64. The molecule has 0 aromatic carbocycles. The van der Waals surface area contributed by atoms with Gasteiger partial charge in [0.15, 0.2) is 6.29 Å². The zero-order chi connectivity index (χ0) is 16.4. The van der Waals surface area contributed by atoms with E-state index in [0.29, 0.717) is 35.9 Å². The molecule has 0 saturated carbocycles. The molecule has 0 radical (unpaired) electrons. The third-order valence-corrected chi connectivity index (χ3v) is 6.24. The van der Waals surface area contributed by atoms with Gasteiger partial charge in [-0.3, -0.25) is 0 Å². The molecule has 4 unspecified atom stereocenters. The van der Waals surface area contributed by atoms with Crippen molar-refractivity contribution in [2.75, 3.05) is 0 Å². The lowest BCUT2D eigenvalue weighted by Crippen LogP contribution is -2.50. The van der Waals surface area contributed by atoms with Crippen molar-refractivity contribution in [3.8, 4) is 0 Å². The summed E-state index contributed by atoms with van der Waals surface area (Å²) < 4.78 is 18.9. The summed E-state index contributed by atoms with van der Waals surface area (Å²) in [6.07, 6.45) is 4.20. The fourth-order valence-corrected chi connectivity index (χ4v) is 4.19. The molecule has 0 bridgehead atoms. The van der Waals surface area contributed by atoms with Crippen LogP contribution < -0.4 is 0 Å². The maximum absolute atomic E-state index is 6.51. The number of hydrogen-bond donors (Lipinski definition) is 0. The van der Waals surface area contributed by atoms with E-state index in [1.807, 2.05) is 0 Å². The van der Waals surface area contributed by atoms with E-state index >= 15 is 0 Å². The van der Waals surface area contributed by atoms with Crippen LogP contribution in [0.1, 0.15) is 67.7 Å². The quantitative estimate of drug-likeness (QED) is 0.757. The molecule has 0 aliphatic carbocycles. The van der Waals surface area contributed by atoms with Gasteiger partial charge in [0.1, 0.15) is 0 Å². The highest BCUT2D eigenvalue weighted by Crippen LogP contribution is 2.39. The normalized spacial score (nSPS) is 50.0. The maximum atomic E-state index is 6.51. The molecule has 2 aliphatic heterocycles. The molecular weight excluding hydrogens is 276 g/mol. The Bertz CT molecular complexity index is 344. The number of rotatable bonds is 4. The summed E-state index contributed by atoms with van der Waals surface area (Å²) >= 11 is 0. The highest BCUT2D eigenvalue weighted by molar-refractivity contribution is 4.86. The molecule has 2 aliphatic rings. The zero-order valence-electron chi connectivity index (χ0n) is 15.5. The fraction of sp³-hybridized carbons (Fsp3) is 1.00. The number of ether oxygens (including phenoxy) is 3. The Labute approximate surface area is 137 Å². The van der Waals surface area contributed by atoms with Gasteiger partial charge in [0.2, 0.25) is 0 Å². The van der Waals surface area contributed by atoms with Crippen LogP contribution in [0.15, 0.2) is 0 Å². The molecule has 2 fully saturated rings. The SMILES string of the molecule is CCC1OC(O[C@@H]2C[C@H](C)OC(CC)[C@@H]2C)C(C)[C@@H](C)[C@H]1C. The van der Waals surface area contributed by atoms with Crippen LogP contribution in [0.5, 0.6) is 0 Å². The largest absolute Gasteiger partial charge is 0.375 e. The molecule has 0 aromatic heterocycles. The number of hydrogen-bond acceptors (Lipinski definition) is 3. The van der Waals surface area contributed by atoms with E-state index in [0.717, 1.165) is 19.3 Å². The van der Waals surface area contributed by atoms with E-state index in [1.54, 1.807) is 0 Å². The summed E-state index contributed by atoms with van der Waals surface area (Å²) in [7, 11) is 0. The molecule has 0 aromatic rings. The lowest BCUT2D eigenvalue weighted by molar-refractivity contribution is -0.285. The monoisotopic (exact) mass is 312 g/mol. The summed E-state index contributed by atoms with van der Waals surface area (Å²) in [4.78, 5) is 0. The standard InChI is InChI=1S/C19H36O3/c1-8-16-13(5)12(4)14(6)19(21-16)22-18-10-11(3)20-17(9-2)15(18)7/h11-19H,8-10H2,1-7H3/t11-,12-,13+,14?,15-,16?,17?,18+,19?/m0/s1. The molecule has 3 heteroatoms. The Morgan fingerprint density at radius 2 is 1.36 bits per heavy atom. The Morgan fingerprint density at radius 1 is 0.773 bits per heavy atom. The molecule has 9 atom stereocenters. The molecule has 0 amide bonds. The maximum Gasteiger partial charge on any atom is 0.161 e. The molecular formula is C19H36O3. The molecule has 2 heterocycles. The Morgan fingerprint density at radius 3 is 1.95 bits per heavy atom. The zero-order valence-corrected chi connectivity index (χ0v) is 15.5.